The molecule has 2 heterocycles. The summed E-state index contributed by atoms with van der Waals surface area (Å²) < 4.78 is 40.6. The second-order valence-corrected chi connectivity index (χ2v) is 9.01. The minimum Gasteiger partial charge on any atom is -0.497 e. The van der Waals surface area contributed by atoms with Gasteiger partial charge < -0.3 is 33.2 Å². The maximum atomic E-state index is 13.2. The number of rotatable bonds is 14. The highest BCUT2D eigenvalue weighted by Gasteiger charge is 2.23. The third kappa shape index (κ3) is 6.51. The number of nitrogens with zero attached hydrogens (tertiary/aromatic N) is 2. The molecule has 0 saturated carbocycles. The van der Waals surface area contributed by atoms with E-state index in [0.29, 0.717) is 40.0 Å². The van der Waals surface area contributed by atoms with Gasteiger partial charge in [-0.2, -0.15) is 0 Å². The second kappa shape index (κ2) is 13.7. The smallest absolute Gasteiger partial charge is 0.334 e. The highest BCUT2D eigenvalue weighted by Crippen LogP contribution is 2.39. The van der Waals surface area contributed by atoms with Crippen LogP contribution in [0.2, 0.25) is 0 Å². The van der Waals surface area contributed by atoms with Gasteiger partial charge in [-0.1, -0.05) is 13.3 Å². The molecule has 0 spiro atoms. The molecule has 0 amide bonds. The van der Waals surface area contributed by atoms with Gasteiger partial charge in [0, 0.05) is 43.2 Å². The molecule has 0 aliphatic carbocycles. The Morgan fingerprint density at radius 2 is 1.85 bits per heavy atom. The first-order valence-electron chi connectivity index (χ1n) is 13.2. The summed E-state index contributed by atoms with van der Waals surface area (Å²) in [6.07, 6.45) is 6.49. The van der Waals surface area contributed by atoms with Crippen LogP contribution in [0.5, 0.6) is 28.7 Å². The van der Waals surface area contributed by atoms with Crippen molar-refractivity contribution in [3.63, 3.8) is 0 Å². The van der Waals surface area contributed by atoms with E-state index < -0.39 is 5.97 Å². The number of hydrogen-bond acceptors (Lipinski definition) is 9. The molecule has 40 heavy (non-hydrogen) atoms. The van der Waals surface area contributed by atoms with E-state index in [4.69, 9.17) is 38.1 Å². The molecule has 4 rings (SSSR count). The Kier molecular flexibility index (Phi) is 9.91. The van der Waals surface area contributed by atoms with Gasteiger partial charge in [-0.05, 0) is 37.6 Å². The van der Waals surface area contributed by atoms with E-state index in [1.807, 2.05) is 22.8 Å². The maximum absolute atomic E-state index is 13.2. The van der Waals surface area contributed by atoms with E-state index in [1.54, 1.807) is 52.7 Å². The van der Waals surface area contributed by atoms with Gasteiger partial charge in [0.15, 0.2) is 18.3 Å². The van der Waals surface area contributed by atoms with Crippen molar-refractivity contribution in [2.75, 3.05) is 41.5 Å². The van der Waals surface area contributed by atoms with Crippen LogP contribution in [0.3, 0.4) is 0 Å². The van der Waals surface area contributed by atoms with Crippen LogP contribution in [-0.4, -0.2) is 57.0 Å². The zero-order valence-electron chi connectivity index (χ0n) is 23.7. The first kappa shape index (κ1) is 28.8. The van der Waals surface area contributed by atoms with Gasteiger partial charge in [-0.3, -0.25) is 4.57 Å². The minimum absolute atomic E-state index is 0.0579. The van der Waals surface area contributed by atoms with Crippen molar-refractivity contribution in [1.29, 1.82) is 0 Å². The number of imidazole rings is 1. The Morgan fingerprint density at radius 1 is 1.05 bits per heavy atom. The van der Waals surface area contributed by atoms with Crippen LogP contribution in [0.25, 0.3) is 11.8 Å². The largest absolute Gasteiger partial charge is 0.497 e. The summed E-state index contributed by atoms with van der Waals surface area (Å²) in [6.45, 7) is 4.34. The molecule has 2 aromatic carbocycles. The van der Waals surface area contributed by atoms with Crippen molar-refractivity contribution in [1.82, 2.24) is 9.55 Å². The Bertz CT molecular complexity index is 1350. The molecular weight excluding hydrogens is 516 g/mol. The summed E-state index contributed by atoms with van der Waals surface area (Å²) in [5.74, 6) is 3.39. The number of methoxy groups -OCH3 is 3. The summed E-state index contributed by atoms with van der Waals surface area (Å²) in [5, 5.41) is 0. The molecule has 214 valence electrons. The Morgan fingerprint density at radius 3 is 2.55 bits per heavy atom. The lowest BCUT2D eigenvalue weighted by Gasteiger charge is -2.17. The fraction of sp³-hybridized carbons (Fsp3) is 0.400. The Balaban J connectivity index is 1.84. The van der Waals surface area contributed by atoms with E-state index >= 15 is 0 Å². The number of aryl methyl sites for hydroxylation is 1. The normalized spacial score (nSPS) is 12.4. The molecular formula is C30H36N2O8. The van der Waals surface area contributed by atoms with Crippen LogP contribution in [0, 0.1) is 0 Å². The second-order valence-electron chi connectivity index (χ2n) is 9.01. The van der Waals surface area contributed by atoms with Crippen LogP contribution in [0.4, 0.5) is 0 Å². The number of ether oxygens (including phenoxy) is 7. The molecule has 3 aromatic rings. The fourth-order valence-electron chi connectivity index (χ4n) is 4.42. The SMILES string of the molecule is CCCCc1ncc(/C=C(\Cc2cc3c(cc2OC)OCO3)C(=O)OCC)n1-c1ccc(OC)cc1OCOC. The monoisotopic (exact) mass is 552 g/mol. The average Bonchev–Trinajstić information content (AvgIpc) is 3.60. The van der Waals surface area contributed by atoms with Gasteiger partial charge in [-0.25, -0.2) is 9.78 Å². The summed E-state index contributed by atoms with van der Waals surface area (Å²) in [4.78, 5) is 18.0. The molecule has 10 nitrogen and oxygen atoms in total. The number of carbonyl (C=O) groups is 1. The van der Waals surface area contributed by atoms with Gasteiger partial charge in [-0.15, -0.1) is 0 Å². The van der Waals surface area contributed by atoms with E-state index in [-0.39, 0.29) is 26.6 Å². The van der Waals surface area contributed by atoms with Crippen molar-refractivity contribution >= 4 is 12.0 Å². The number of aromatic nitrogens is 2. The summed E-state index contributed by atoms with van der Waals surface area (Å²) in [5.41, 5.74) is 2.63. The average molecular weight is 553 g/mol. The first-order chi connectivity index (χ1) is 19.5. The quantitative estimate of drug-likeness (QED) is 0.153. The van der Waals surface area contributed by atoms with Crippen molar-refractivity contribution < 1.29 is 38.0 Å². The van der Waals surface area contributed by atoms with Gasteiger partial charge in [0.2, 0.25) is 6.79 Å². The van der Waals surface area contributed by atoms with E-state index in [1.165, 1.54) is 0 Å². The van der Waals surface area contributed by atoms with E-state index in [9.17, 15) is 4.79 Å². The molecule has 0 atom stereocenters. The van der Waals surface area contributed by atoms with Crippen molar-refractivity contribution in [2.45, 2.75) is 39.5 Å². The highest BCUT2D eigenvalue weighted by molar-refractivity contribution is 5.94. The van der Waals surface area contributed by atoms with Gasteiger partial charge >= 0.3 is 5.97 Å². The highest BCUT2D eigenvalue weighted by atomic mass is 16.7. The van der Waals surface area contributed by atoms with Crippen molar-refractivity contribution in [3.05, 3.63) is 59.2 Å². The maximum Gasteiger partial charge on any atom is 0.334 e. The Hall–Kier alpha value is -4.18. The zero-order valence-corrected chi connectivity index (χ0v) is 23.7. The van der Waals surface area contributed by atoms with Crippen LogP contribution in [0.1, 0.15) is 43.8 Å². The summed E-state index contributed by atoms with van der Waals surface area (Å²) in [7, 11) is 4.74. The molecule has 0 bridgehead atoms. The van der Waals surface area contributed by atoms with Gasteiger partial charge in [0.25, 0.3) is 0 Å². The predicted molar refractivity (Wildman–Crippen MR) is 149 cm³/mol. The molecule has 0 radical (unpaired) electrons. The third-order valence-corrected chi connectivity index (χ3v) is 6.37. The summed E-state index contributed by atoms with van der Waals surface area (Å²) in [6, 6.07) is 9.16. The zero-order chi connectivity index (χ0) is 28.5. The molecule has 1 aliphatic rings. The lowest BCUT2D eigenvalue weighted by Crippen LogP contribution is -2.12. The molecule has 1 aliphatic heterocycles. The lowest BCUT2D eigenvalue weighted by molar-refractivity contribution is -0.138. The number of benzene rings is 2. The van der Waals surface area contributed by atoms with Crippen LogP contribution >= 0.6 is 0 Å². The number of fused-ring (bicyclic) bond motifs is 1. The van der Waals surface area contributed by atoms with Crippen molar-refractivity contribution in [2.24, 2.45) is 0 Å². The first-order valence-corrected chi connectivity index (χ1v) is 13.2. The molecule has 0 fully saturated rings. The fourth-order valence-corrected chi connectivity index (χ4v) is 4.42. The summed E-state index contributed by atoms with van der Waals surface area (Å²) >= 11 is 0. The molecule has 0 saturated heterocycles. The molecule has 0 unspecified atom stereocenters. The van der Waals surface area contributed by atoms with Crippen LogP contribution in [0.15, 0.2) is 42.1 Å². The van der Waals surface area contributed by atoms with Crippen LogP contribution < -0.4 is 23.7 Å². The standard InChI is InChI=1S/C30H36N2O8/c1-6-8-9-29-31-17-22(32(29)24-11-10-23(35-4)15-26(24)38-18-34-3)13-21(30(33)37-7-2)12-20-14-27-28(40-19-39-27)16-25(20)36-5/h10-11,13-17H,6-9,12,18-19H2,1-5H3/b21-13+. The number of unbranched alkanes of at least 4 members (excludes halogenated alkanes) is 1. The molecule has 10 heteroatoms. The van der Waals surface area contributed by atoms with Gasteiger partial charge in [0.05, 0.1) is 38.4 Å². The number of hydrogen-bond donors (Lipinski definition) is 0. The molecule has 0 N–H and O–H groups in total. The predicted octanol–water partition coefficient (Wildman–Crippen LogP) is 5.13. The third-order valence-electron chi connectivity index (χ3n) is 6.37. The van der Waals surface area contributed by atoms with E-state index in [0.717, 1.165) is 36.3 Å². The topological polar surface area (TPSA) is 99.5 Å². The van der Waals surface area contributed by atoms with Crippen LogP contribution in [-0.2, 0) is 27.1 Å². The number of esters is 1. The lowest BCUT2D eigenvalue weighted by atomic mass is 10.0. The molecule has 1 aromatic heterocycles. The Labute approximate surface area is 234 Å². The van der Waals surface area contributed by atoms with Crippen molar-refractivity contribution in [3.8, 4) is 34.4 Å². The van der Waals surface area contributed by atoms with E-state index in [2.05, 4.69) is 6.92 Å². The van der Waals surface area contributed by atoms with Gasteiger partial charge in [0.1, 0.15) is 23.1 Å². The number of carbonyl (C=O) groups excluding carboxylic acids is 1. The minimum atomic E-state index is -0.435.